The third kappa shape index (κ3) is 3.04. The number of H-pyrrole nitrogens is 1. The fourth-order valence-electron chi connectivity index (χ4n) is 3.97. The van der Waals surface area contributed by atoms with Crippen LogP contribution in [0.1, 0.15) is 52.4 Å². The number of piperidine rings is 1. The molecular weight excluding hydrogens is 394 g/mol. The van der Waals surface area contributed by atoms with Gasteiger partial charge in [-0.15, -0.1) is 0 Å². The first kappa shape index (κ1) is 17.6. The number of hydrogen-bond acceptors (Lipinski definition) is 3. The van der Waals surface area contributed by atoms with E-state index in [0.29, 0.717) is 5.92 Å². The molecule has 3 atom stereocenters. The van der Waals surface area contributed by atoms with Gasteiger partial charge in [-0.25, -0.2) is 9.78 Å². The van der Waals surface area contributed by atoms with Crippen molar-refractivity contribution in [1.29, 1.82) is 0 Å². The van der Waals surface area contributed by atoms with E-state index in [0.717, 1.165) is 34.4 Å². The Morgan fingerprint density at radius 2 is 2.04 bits per heavy atom. The summed E-state index contributed by atoms with van der Waals surface area (Å²) in [5.74, 6) is 1.36. The zero-order chi connectivity index (χ0) is 18.7. The summed E-state index contributed by atoms with van der Waals surface area (Å²) in [6.45, 7) is 7.86. The van der Waals surface area contributed by atoms with Crippen LogP contribution in [0.25, 0.3) is 11.3 Å². The van der Waals surface area contributed by atoms with Gasteiger partial charge < -0.3 is 9.72 Å². The Bertz CT molecular complexity index is 839. The van der Waals surface area contributed by atoms with Gasteiger partial charge in [-0.1, -0.05) is 28.1 Å². The molecule has 4 rings (SSSR count). The number of carbonyl (C=O) groups excluding carboxylic acids is 1. The van der Waals surface area contributed by atoms with Crippen molar-refractivity contribution >= 4 is 22.0 Å². The van der Waals surface area contributed by atoms with Crippen LogP contribution in [0.3, 0.4) is 0 Å². The fraction of sp³-hybridized carbons (Fsp3) is 0.500. The topological polar surface area (TPSA) is 58.2 Å². The van der Waals surface area contributed by atoms with Crippen LogP contribution in [-0.4, -0.2) is 32.1 Å². The Kier molecular flexibility index (Phi) is 3.95. The van der Waals surface area contributed by atoms with E-state index in [9.17, 15) is 4.79 Å². The number of likely N-dealkylation sites (tertiary alicyclic amines) is 1. The first-order chi connectivity index (χ1) is 12.2. The quantitative estimate of drug-likeness (QED) is 0.720. The standard InChI is InChI=1S/C20H24BrN3O2/c1-19(2,3)26-18(25)24-16(9-13-10-20(13,24)4)17-22-11-15(23-17)12-5-7-14(21)8-6-12/h5-8,11,13,16H,9-10H2,1-4H3,(H,22,23)/t13-,16-,20+/m0/s1. The second-order valence-electron chi connectivity index (χ2n) is 8.55. The Labute approximate surface area is 162 Å². The molecule has 1 saturated heterocycles. The molecule has 2 heterocycles. The van der Waals surface area contributed by atoms with E-state index in [4.69, 9.17) is 4.74 Å². The normalized spacial score (nSPS) is 27.3. The zero-order valence-electron chi connectivity index (χ0n) is 15.5. The Balaban J connectivity index is 1.61. The molecule has 2 aliphatic rings. The fourth-order valence-corrected chi connectivity index (χ4v) is 4.23. The molecule has 2 aromatic rings. The molecular formula is C20H24BrN3O2. The maximum atomic E-state index is 12.9. The summed E-state index contributed by atoms with van der Waals surface area (Å²) in [5.41, 5.74) is 1.43. The van der Waals surface area contributed by atoms with Crippen molar-refractivity contribution in [3.05, 3.63) is 40.8 Å². The van der Waals surface area contributed by atoms with Crippen LogP contribution in [-0.2, 0) is 4.74 Å². The number of aromatic nitrogens is 2. The summed E-state index contributed by atoms with van der Waals surface area (Å²) in [5, 5.41) is 0. The number of imidazole rings is 1. The molecule has 1 saturated carbocycles. The molecule has 1 amide bonds. The van der Waals surface area contributed by atoms with Gasteiger partial charge in [-0.05, 0) is 64.2 Å². The van der Waals surface area contributed by atoms with Gasteiger partial charge in [-0.3, -0.25) is 4.90 Å². The van der Waals surface area contributed by atoms with E-state index >= 15 is 0 Å². The SMILES string of the molecule is CC(C)(C)OC(=O)N1[C@H](c2ncc(-c3ccc(Br)cc3)[nH]2)C[C@H]2C[C@]21C. The van der Waals surface area contributed by atoms with Gasteiger partial charge in [0, 0.05) is 10.0 Å². The molecule has 26 heavy (non-hydrogen) atoms. The van der Waals surface area contributed by atoms with E-state index in [-0.39, 0.29) is 17.7 Å². The highest BCUT2D eigenvalue weighted by Crippen LogP contribution is 2.61. The number of nitrogens with one attached hydrogen (secondary N) is 1. The number of halogens is 1. The Hall–Kier alpha value is -1.82. The lowest BCUT2D eigenvalue weighted by atomic mass is 10.1. The summed E-state index contributed by atoms with van der Waals surface area (Å²) in [6, 6.07) is 8.04. The lowest BCUT2D eigenvalue weighted by molar-refractivity contribution is 0.00864. The van der Waals surface area contributed by atoms with Crippen molar-refractivity contribution in [2.75, 3.05) is 0 Å². The summed E-state index contributed by atoms with van der Waals surface area (Å²) in [7, 11) is 0. The lowest BCUT2D eigenvalue weighted by Crippen LogP contribution is -2.43. The number of amides is 1. The van der Waals surface area contributed by atoms with Gasteiger partial charge in [0.2, 0.25) is 0 Å². The van der Waals surface area contributed by atoms with Crippen LogP contribution in [0.2, 0.25) is 0 Å². The predicted molar refractivity (Wildman–Crippen MR) is 104 cm³/mol. The summed E-state index contributed by atoms with van der Waals surface area (Å²) < 4.78 is 6.72. The van der Waals surface area contributed by atoms with Crippen molar-refractivity contribution in [2.24, 2.45) is 5.92 Å². The van der Waals surface area contributed by atoms with Crippen LogP contribution in [0, 0.1) is 5.92 Å². The monoisotopic (exact) mass is 417 g/mol. The molecule has 1 aromatic carbocycles. The number of ether oxygens (including phenoxy) is 1. The predicted octanol–water partition coefficient (Wildman–Crippen LogP) is 5.30. The molecule has 0 unspecified atom stereocenters. The third-order valence-corrected chi connectivity index (χ3v) is 5.93. The van der Waals surface area contributed by atoms with Gasteiger partial charge in [0.05, 0.1) is 17.9 Å². The number of aromatic amines is 1. The van der Waals surface area contributed by atoms with Crippen LogP contribution < -0.4 is 0 Å². The highest BCUT2D eigenvalue weighted by molar-refractivity contribution is 9.10. The van der Waals surface area contributed by atoms with Crippen LogP contribution >= 0.6 is 15.9 Å². The number of fused-ring (bicyclic) bond motifs is 1. The van der Waals surface area contributed by atoms with Crippen molar-refractivity contribution in [1.82, 2.24) is 14.9 Å². The van der Waals surface area contributed by atoms with E-state index in [1.165, 1.54) is 0 Å². The molecule has 2 fully saturated rings. The van der Waals surface area contributed by atoms with Gasteiger partial charge >= 0.3 is 6.09 Å². The van der Waals surface area contributed by atoms with Gasteiger partial charge in [0.25, 0.3) is 0 Å². The molecule has 1 aliphatic heterocycles. The van der Waals surface area contributed by atoms with Crippen LogP contribution in [0.4, 0.5) is 4.79 Å². The second-order valence-corrected chi connectivity index (χ2v) is 9.46. The van der Waals surface area contributed by atoms with E-state index in [1.54, 1.807) is 0 Å². The first-order valence-electron chi connectivity index (χ1n) is 9.00. The van der Waals surface area contributed by atoms with Crippen molar-refractivity contribution in [2.45, 2.75) is 57.7 Å². The molecule has 1 aliphatic carbocycles. The summed E-state index contributed by atoms with van der Waals surface area (Å²) >= 11 is 3.46. The van der Waals surface area contributed by atoms with Gasteiger partial charge in [-0.2, -0.15) is 0 Å². The molecule has 0 spiro atoms. The van der Waals surface area contributed by atoms with Gasteiger partial charge in [0.15, 0.2) is 0 Å². The van der Waals surface area contributed by atoms with E-state index < -0.39 is 5.60 Å². The minimum atomic E-state index is -0.503. The number of nitrogens with zero attached hydrogens (tertiary/aromatic N) is 2. The number of hydrogen-bond donors (Lipinski definition) is 1. The smallest absolute Gasteiger partial charge is 0.411 e. The Morgan fingerprint density at radius 1 is 1.35 bits per heavy atom. The number of rotatable bonds is 2. The molecule has 5 nitrogen and oxygen atoms in total. The molecule has 1 N–H and O–H groups in total. The summed E-state index contributed by atoms with van der Waals surface area (Å²) in [4.78, 5) is 22.8. The van der Waals surface area contributed by atoms with Crippen LogP contribution in [0.15, 0.2) is 34.9 Å². The van der Waals surface area contributed by atoms with Crippen molar-refractivity contribution in [3.63, 3.8) is 0 Å². The molecule has 0 radical (unpaired) electrons. The molecule has 1 aromatic heterocycles. The van der Waals surface area contributed by atoms with Crippen molar-refractivity contribution in [3.8, 4) is 11.3 Å². The minimum absolute atomic E-state index is 0.0576. The van der Waals surface area contributed by atoms with Crippen molar-refractivity contribution < 1.29 is 9.53 Å². The minimum Gasteiger partial charge on any atom is -0.444 e. The van der Waals surface area contributed by atoms with Gasteiger partial charge in [0.1, 0.15) is 11.4 Å². The van der Waals surface area contributed by atoms with E-state index in [2.05, 4.69) is 32.8 Å². The molecule has 0 bridgehead atoms. The average molecular weight is 418 g/mol. The number of benzene rings is 1. The first-order valence-corrected chi connectivity index (χ1v) is 9.80. The second kappa shape index (κ2) is 5.84. The highest BCUT2D eigenvalue weighted by Gasteiger charge is 2.65. The maximum Gasteiger partial charge on any atom is 0.411 e. The summed E-state index contributed by atoms with van der Waals surface area (Å²) in [6.07, 6.45) is 3.58. The maximum absolute atomic E-state index is 12.9. The Morgan fingerprint density at radius 3 is 2.69 bits per heavy atom. The average Bonchev–Trinajstić information content (AvgIpc) is 2.92. The van der Waals surface area contributed by atoms with E-state index in [1.807, 2.05) is 56.1 Å². The molecule has 138 valence electrons. The zero-order valence-corrected chi connectivity index (χ0v) is 17.1. The number of carbonyl (C=O) groups is 1. The lowest BCUT2D eigenvalue weighted by Gasteiger charge is -2.33. The largest absolute Gasteiger partial charge is 0.444 e. The third-order valence-electron chi connectivity index (χ3n) is 5.41. The highest BCUT2D eigenvalue weighted by atomic mass is 79.9. The van der Waals surface area contributed by atoms with Crippen LogP contribution in [0.5, 0.6) is 0 Å². The molecule has 6 heteroatoms.